The third-order valence-electron chi connectivity index (χ3n) is 3.75. The summed E-state index contributed by atoms with van der Waals surface area (Å²) in [6, 6.07) is 7.68. The Morgan fingerprint density at radius 1 is 1.33 bits per heavy atom. The zero-order valence-corrected chi connectivity index (χ0v) is 12.7. The van der Waals surface area contributed by atoms with Crippen molar-refractivity contribution in [3.8, 4) is 0 Å². The van der Waals surface area contributed by atoms with Crippen molar-refractivity contribution in [2.45, 2.75) is 38.3 Å². The molecule has 116 valence electrons. The zero-order valence-electron chi connectivity index (χ0n) is 12.7. The molecule has 0 atom stereocenters. The van der Waals surface area contributed by atoms with Crippen molar-refractivity contribution < 1.29 is 14.6 Å². The average molecular weight is 292 g/mol. The highest BCUT2D eigenvalue weighted by atomic mass is 16.5. The lowest BCUT2D eigenvalue weighted by Crippen LogP contribution is -2.54. The van der Waals surface area contributed by atoms with E-state index in [4.69, 9.17) is 4.74 Å². The van der Waals surface area contributed by atoms with E-state index in [1.165, 1.54) is 0 Å². The van der Waals surface area contributed by atoms with Gasteiger partial charge >= 0.3 is 0 Å². The van der Waals surface area contributed by atoms with Crippen LogP contribution in [-0.2, 0) is 4.74 Å². The first kappa shape index (κ1) is 15.8. The molecule has 0 spiro atoms. The topological polar surface area (TPSA) is 70.6 Å². The number of carbonyl (C=O) groups is 1. The molecule has 0 unspecified atom stereocenters. The molecule has 1 amide bonds. The first-order valence-corrected chi connectivity index (χ1v) is 7.43. The third-order valence-corrected chi connectivity index (χ3v) is 3.75. The van der Waals surface area contributed by atoms with Crippen LogP contribution in [0.2, 0.25) is 0 Å². The fourth-order valence-corrected chi connectivity index (χ4v) is 2.51. The molecule has 0 aromatic heterocycles. The molecule has 5 heteroatoms. The van der Waals surface area contributed by atoms with Crippen molar-refractivity contribution in [1.29, 1.82) is 0 Å². The average Bonchev–Trinajstić information content (AvgIpc) is 2.48. The van der Waals surface area contributed by atoms with Crippen LogP contribution in [0.4, 0.5) is 5.69 Å². The minimum atomic E-state index is -0.569. The summed E-state index contributed by atoms with van der Waals surface area (Å²) < 4.78 is 5.32. The molecule has 1 aliphatic rings. The number of aliphatic hydroxyl groups excluding tert-OH is 1. The molecule has 0 aliphatic carbocycles. The second kappa shape index (κ2) is 6.91. The molecule has 1 aliphatic heterocycles. The number of hydrogen-bond acceptors (Lipinski definition) is 4. The molecule has 3 N–H and O–H groups in total. The molecular weight excluding hydrogens is 268 g/mol. The summed E-state index contributed by atoms with van der Waals surface area (Å²) in [7, 11) is 0. The van der Waals surface area contributed by atoms with Crippen LogP contribution >= 0.6 is 0 Å². The van der Waals surface area contributed by atoms with Gasteiger partial charge in [-0.05, 0) is 38.8 Å². The molecule has 1 saturated heterocycles. The van der Waals surface area contributed by atoms with E-state index in [2.05, 4.69) is 10.6 Å². The van der Waals surface area contributed by atoms with Gasteiger partial charge in [-0.25, -0.2) is 0 Å². The number of rotatable bonds is 5. The maximum Gasteiger partial charge on any atom is 0.253 e. The van der Waals surface area contributed by atoms with Crippen LogP contribution in [0.5, 0.6) is 0 Å². The maximum absolute atomic E-state index is 12.6. The summed E-state index contributed by atoms with van der Waals surface area (Å²) in [6.07, 6.45) is 1.27. The highest BCUT2D eigenvalue weighted by Crippen LogP contribution is 2.22. The SMILES string of the molecule is CC(C)Nc1ccccc1C(=O)NC1(CO)CCOCC1. The van der Waals surface area contributed by atoms with Gasteiger partial charge in [0.1, 0.15) is 0 Å². The van der Waals surface area contributed by atoms with E-state index in [0.717, 1.165) is 5.69 Å². The quantitative estimate of drug-likeness (QED) is 0.773. The van der Waals surface area contributed by atoms with Gasteiger partial charge in [-0.15, -0.1) is 0 Å². The van der Waals surface area contributed by atoms with Gasteiger partial charge in [0.25, 0.3) is 5.91 Å². The van der Waals surface area contributed by atoms with Gasteiger partial charge in [-0.3, -0.25) is 4.79 Å². The Bertz CT molecular complexity index is 482. The Morgan fingerprint density at radius 2 is 2.00 bits per heavy atom. The second-order valence-electron chi connectivity index (χ2n) is 5.85. The lowest BCUT2D eigenvalue weighted by atomic mass is 9.90. The van der Waals surface area contributed by atoms with E-state index in [1.807, 2.05) is 32.0 Å². The highest BCUT2D eigenvalue weighted by Gasteiger charge is 2.34. The Morgan fingerprint density at radius 3 is 2.62 bits per heavy atom. The van der Waals surface area contributed by atoms with Gasteiger partial charge < -0.3 is 20.5 Å². The number of carbonyl (C=O) groups excluding carboxylic acids is 1. The second-order valence-corrected chi connectivity index (χ2v) is 5.85. The van der Waals surface area contributed by atoms with Crippen LogP contribution in [0.3, 0.4) is 0 Å². The summed E-state index contributed by atoms with van der Waals surface area (Å²) in [6.45, 7) is 5.12. The molecule has 1 aromatic rings. The smallest absolute Gasteiger partial charge is 0.253 e. The van der Waals surface area contributed by atoms with Crippen molar-refractivity contribution >= 4 is 11.6 Å². The lowest BCUT2D eigenvalue weighted by molar-refractivity contribution is 0.0125. The Labute approximate surface area is 125 Å². The number of hydrogen-bond donors (Lipinski definition) is 3. The van der Waals surface area contributed by atoms with E-state index in [9.17, 15) is 9.90 Å². The number of nitrogens with one attached hydrogen (secondary N) is 2. The number of anilines is 1. The molecule has 5 nitrogen and oxygen atoms in total. The van der Waals surface area contributed by atoms with E-state index < -0.39 is 5.54 Å². The van der Waals surface area contributed by atoms with Crippen LogP contribution in [0, 0.1) is 0 Å². The van der Waals surface area contributed by atoms with Crippen molar-refractivity contribution in [2.75, 3.05) is 25.1 Å². The normalized spacial score (nSPS) is 17.5. The summed E-state index contributed by atoms with van der Waals surface area (Å²) in [5.41, 5.74) is 0.843. The van der Waals surface area contributed by atoms with Crippen LogP contribution in [0.1, 0.15) is 37.0 Å². The predicted octanol–water partition coefficient (Wildman–Crippen LogP) is 1.78. The Balaban J connectivity index is 2.16. The van der Waals surface area contributed by atoms with E-state index in [1.54, 1.807) is 6.07 Å². The maximum atomic E-state index is 12.6. The van der Waals surface area contributed by atoms with Crippen LogP contribution in [-0.4, -0.2) is 42.4 Å². The van der Waals surface area contributed by atoms with Gasteiger partial charge in [0.15, 0.2) is 0 Å². The van der Waals surface area contributed by atoms with E-state index in [-0.39, 0.29) is 18.6 Å². The van der Waals surface area contributed by atoms with Gasteiger partial charge in [0, 0.05) is 24.9 Å². The monoisotopic (exact) mass is 292 g/mol. The number of aliphatic hydroxyl groups is 1. The predicted molar refractivity (Wildman–Crippen MR) is 82.5 cm³/mol. The first-order valence-electron chi connectivity index (χ1n) is 7.43. The fourth-order valence-electron chi connectivity index (χ4n) is 2.51. The van der Waals surface area contributed by atoms with Gasteiger partial charge in [0.2, 0.25) is 0 Å². The first-order chi connectivity index (χ1) is 10.1. The summed E-state index contributed by atoms with van der Waals surface area (Å²) in [4.78, 5) is 12.6. The highest BCUT2D eigenvalue weighted by molar-refractivity contribution is 6.00. The van der Waals surface area contributed by atoms with Crippen molar-refractivity contribution in [1.82, 2.24) is 5.32 Å². The number of benzene rings is 1. The molecule has 21 heavy (non-hydrogen) atoms. The van der Waals surface area contributed by atoms with Gasteiger partial charge in [-0.1, -0.05) is 12.1 Å². The lowest BCUT2D eigenvalue weighted by Gasteiger charge is -2.36. The van der Waals surface area contributed by atoms with Crippen molar-refractivity contribution in [2.24, 2.45) is 0 Å². The van der Waals surface area contributed by atoms with E-state index in [0.29, 0.717) is 31.6 Å². The summed E-state index contributed by atoms with van der Waals surface area (Å²) in [5, 5.41) is 15.9. The van der Waals surface area contributed by atoms with Gasteiger partial charge in [-0.2, -0.15) is 0 Å². The number of para-hydroxylation sites is 1. The zero-order chi connectivity index (χ0) is 15.3. The molecule has 1 heterocycles. The summed E-state index contributed by atoms with van der Waals surface area (Å²) >= 11 is 0. The molecule has 0 saturated carbocycles. The van der Waals surface area contributed by atoms with Crippen LogP contribution in [0.15, 0.2) is 24.3 Å². The minimum Gasteiger partial charge on any atom is -0.394 e. The largest absolute Gasteiger partial charge is 0.394 e. The number of ether oxygens (including phenoxy) is 1. The molecule has 0 bridgehead atoms. The molecule has 0 radical (unpaired) electrons. The molecular formula is C16H24N2O3. The van der Waals surface area contributed by atoms with Gasteiger partial charge in [0.05, 0.1) is 17.7 Å². The summed E-state index contributed by atoms with van der Waals surface area (Å²) in [5.74, 6) is -0.158. The van der Waals surface area contributed by atoms with Crippen LogP contribution < -0.4 is 10.6 Å². The third kappa shape index (κ3) is 3.95. The Kier molecular flexibility index (Phi) is 5.20. The van der Waals surface area contributed by atoms with Crippen LogP contribution in [0.25, 0.3) is 0 Å². The fraction of sp³-hybridized carbons (Fsp3) is 0.562. The Hall–Kier alpha value is -1.59. The number of amides is 1. The minimum absolute atomic E-state index is 0.0676. The molecule has 1 fully saturated rings. The molecule has 2 rings (SSSR count). The van der Waals surface area contributed by atoms with Crippen molar-refractivity contribution in [3.63, 3.8) is 0 Å². The molecule has 1 aromatic carbocycles. The standard InChI is InChI=1S/C16H24N2O3/c1-12(2)17-14-6-4-3-5-13(14)15(20)18-16(11-19)7-9-21-10-8-16/h3-6,12,17,19H,7-11H2,1-2H3,(H,18,20). The van der Waals surface area contributed by atoms with Crippen molar-refractivity contribution in [3.05, 3.63) is 29.8 Å². The van der Waals surface area contributed by atoms with E-state index >= 15 is 0 Å².